The Morgan fingerprint density at radius 2 is 0.810 bits per heavy atom. The number of hydrogen-bond acceptors (Lipinski definition) is 5. The molecule has 3 aromatic heterocycles. The summed E-state index contributed by atoms with van der Waals surface area (Å²) in [5, 5.41) is 2.23. The van der Waals surface area contributed by atoms with Crippen LogP contribution in [0, 0.1) is 6.57 Å². The van der Waals surface area contributed by atoms with E-state index < -0.39 is 0 Å². The summed E-state index contributed by atoms with van der Waals surface area (Å²) in [4.78, 5) is 29.7. The van der Waals surface area contributed by atoms with Crippen LogP contribution in [0.4, 0.5) is 5.69 Å². The van der Waals surface area contributed by atoms with Crippen LogP contribution in [0.5, 0.6) is 0 Å². The number of benzene rings is 8. The van der Waals surface area contributed by atoms with E-state index in [2.05, 4.69) is 100 Å². The number of aromatic nitrogens is 6. The second-order valence-electron chi connectivity index (χ2n) is 15.2. The van der Waals surface area contributed by atoms with Crippen molar-refractivity contribution in [3.63, 3.8) is 0 Å². The van der Waals surface area contributed by atoms with Crippen LogP contribution in [0.2, 0.25) is 0 Å². The van der Waals surface area contributed by atoms with E-state index in [0.717, 1.165) is 83.4 Å². The van der Waals surface area contributed by atoms with E-state index in [1.165, 1.54) is 0 Å². The minimum absolute atomic E-state index is 0.513. The van der Waals surface area contributed by atoms with Gasteiger partial charge in [0.05, 0.1) is 34.7 Å². The van der Waals surface area contributed by atoms with Crippen LogP contribution in [-0.2, 0) is 0 Å². The average molecular weight is 806 g/mol. The van der Waals surface area contributed by atoms with Crippen molar-refractivity contribution in [2.24, 2.45) is 0 Å². The van der Waals surface area contributed by atoms with Crippen LogP contribution in [-0.4, -0.2) is 29.5 Å². The van der Waals surface area contributed by atoms with Gasteiger partial charge in [0.25, 0.3) is 0 Å². The molecule has 0 N–H and O–H groups in total. The maximum absolute atomic E-state index is 7.50. The van der Waals surface area contributed by atoms with Crippen molar-refractivity contribution >= 4 is 27.5 Å². The van der Waals surface area contributed by atoms with Gasteiger partial charge in [-0.2, -0.15) is 0 Å². The number of para-hydroxylation sites is 1. The van der Waals surface area contributed by atoms with Gasteiger partial charge in [0, 0.05) is 44.2 Å². The van der Waals surface area contributed by atoms with E-state index in [-0.39, 0.29) is 0 Å². The third-order valence-corrected chi connectivity index (χ3v) is 11.3. The van der Waals surface area contributed by atoms with Crippen LogP contribution < -0.4 is 0 Å². The van der Waals surface area contributed by atoms with Crippen LogP contribution in [0.3, 0.4) is 0 Å². The highest BCUT2D eigenvalue weighted by atomic mass is 15.1. The van der Waals surface area contributed by atoms with Gasteiger partial charge in [0.15, 0.2) is 29.0 Å². The Labute approximate surface area is 364 Å². The van der Waals surface area contributed by atoms with Gasteiger partial charge in [-0.05, 0) is 47.5 Å². The monoisotopic (exact) mass is 805 g/mol. The first kappa shape index (κ1) is 37.2. The van der Waals surface area contributed by atoms with Crippen molar-refractivity contribution in [2.45, 2.75) is 0 Å². The van der Waals surface area contributed by atoms with Crippen LogP contribution in [0.1, 0.15) is 0 Å². The Morgan fingerprint density at radius 3 is 1.40 bits per heavy atom. The molecule has 3 heterocycles. The number of hydrogen-bond donors (Lipinski definition) is 0. The second-order valence-corrected chi connectivity index (χ2v) is 15.2. The molecule has 0 atom stereocenters. The van der Waals surface area contributed by atoms with Gasteiger partial charge < -0.3 is 4.57 Å². The van der Waals surface area contributed by atoms with E-state index in [1.807, 2.05) is 121 Å². The van der Waals surface area contributed by atoms with Gasteiger partial charge in [-0.3, -0.25) is 0 Å². The summed E-state index contributed by atoms with van der Waals surface area (Å²) in [6, 6.07) is 71.8. The molecule has 294 valence electrons. The third-order valence-electron chi connectivity index (χ3n) is 11.3. The van der Waals surface area contributed by atoms with Crippen molar-refractivity contribution in [3.8, 4) is 84.9 Å². The van der Waals surface area contributed by atoms with Gasteiger partial charge in [-0.15, -0.1) is 0 Å². The molecular weight excluding hydrogens is 771 g/mol. The Balaban J connectivity index is 1.20. The lowest BCUT2D eigenvalue weighted by Gasteiger charge is -2.17. The quantitative estimate of drug-likeness (QED) is 0.143. The van der Waals surface area contributed by atoms with Crippen LogP contribution in [0.25, 0.3) is 112 Å². The molecule has 0 bridgehead atoms. The van der Waals surface area contributed by atoms with Gasteiger partial charge in [0.1, 0.15) is 0 Å². The molecule has 0 saturated carbocycles. The number of nitrogens with zero attached hydrogens (tertiary/aromatic N) is 7. The van der Waals surface area contributed by atoms with Crippen molar-refractivity contribution < 1.29 is 0 Å². The molecule has 7 heteroatoms. The first-order chi connectivity index (χ1) is 31.2. The van der Waals surface area contributed by atoms with Crippen LogP contribution >= 0.6 is 0 Å². The molecule has 0 radical (unpaired) electrons. The topological polar surface area (TPSA) is 73.7 Å². The zero-order valence-corrected chi connectivity index (χ0v) is 33.8. The maximum atomic E-state index is 7.50. The molecule has 0 unspecified atom stereocenters. The molecule has 0 spiro atoms. The summed E-state index contributed by atoms with van der Waals surface area (Å²) in [5.74, 6) is 2.23. The predicted molar refractivity (Wildman–Crippen MR) is 254 cm³/mol. The Morgan fingerprint density at radius 1 is 0.333 bits per heavy atom. The predicted octanol–water partition coefficient (Wildman–Crippen LogP) is 14.0. The van der Waals surface area contributed by atoms with Crippen molar-refractivity contribution in [2.75, 3.05) is 0 Å². The number of rotatable bonds is 8. The minimum atomic E-state index is 0.513. The summed E-state index contributed by atoms with van der Waals surface area (Å²) < 4.78 is 2.31. The largest absolute Gasteiger partial charge is 0.308 e. The molecular formula is C56H35N7. The highest BCUT2D eigenvalue weighted by Gasteiger charge is 2.22. The molecule has 63 heavy (non-hydrogen) atoms. The average Bonchev–Trinajstić information content (AvgIpc) is 3.70. The molecule has 0 saturated heterocycles. The fourth-order valence-corrected chi connectivity index (χ4v) is 8.21. The molecule has 0 aliphatic rings. The molecule has 11 aromatic rings. The van der Waals surface area contributed by atoms with E-state index in [4.69, 9.17) is 31.5 Å². The summed E-state index contributed by atoms with van der Waals surface area (Å²) >= 11 is 0. The molecule has 0 aliphatic heterocycles. The molecule has 0 amide bonds. The fourth-order valence-electron chi connectivity index (χ4n) is 8.21. The van der Waals surface area contributed by atoms with Gasteiger partial charge >= 0.3 is 0 Å². The van der Waals surface area contributed by atoms with E-state index >= 15 is 0 Å². The molecule has 11 rings (SSSR count). The standard InChI is InChI=1S/C56H35N7/c1-57-44-30-26-37(27-31-44)42-28-32-46-45-24-14-15-25-50(45)63(52(46)35-42)51-33-29-43(55-58-48(38-16-6-2-7-17-38)36-49(59-55)39-18-8-3-9-19-39)34-47(51)56-61-53(40-20-10-4-11-21-40)60-54(62-56)41-22-12-5-13-23-41/h2-36H. The van der Waals surface area contributed by atoms with Crippen molar-refractivity contribution in [1.82, 2.24) is 29.5 Å². The zero-order chi connectivity index (χ0) is 42.1. The molecule has 7 nitrogen and oxygen atoms in total. The normalized spacial score (nSPS) is 11.2. The first-order valence-electron chi connectivity index (χ1n) is 20.7. The summed E-state index contributed by atoms with van der Waals surface area (Å²) in [6.07, 6.45) is 0. The van der Waals surface area contributed by atoms with E-state index in [9.17, 15) is 0 Å². The Hall–Kier alpha value is -8.86. The summed E-state index contributed by atoms with van der Waals surface area (Å²) in [5.41, 5.74) is 12.6. The Bertz CT molecular complexity index is 3370. The minimum Gasteiger partial charge on any atom is -0.308 e. The molecule has 8 aromatic carbocycles. The van der Waals surface area contributed by atoms with Crippen molar-refractivity contribution in [1.29, 1.82) is 0 Å². The van der Waals surface area contributed by atoms with E-state index in [1.54, 1.807) is 0 Å². The van der Waals surface area contributed by atoms with Gasteiger partial charge in [0.2, 0.25) is 0 Å². The highest BCUT2D eigenvalue weighted by molar-refractivity contribution is 6.10. The van der Waals surface area contributed by atoms with E-state index in [0.29, 0.717) is 29.0 Å². The van der Waals surface area contributed by atoms with Gasteiger partial charge in [-0.25, -0.2) is 29.8 Å². The van der Waals surface area contributed by atoms with Gasteiger partial charge in [-0.1, -0.05) is 176 Å². The SMILES string of the molecule is [C-]#[N+]c1ccc(-c2ccc3c4ccccc4n(-c4ccc(-c5nc(-c6ccccc6)cc(-c6ccccc6)n5)cc4-c4nc(-c5ccccc5)nc(-c5ccccc5)n4)c3c2)cc1. The lowest BCUT2D eigenvalue weighted by molar-refractivity contribution is 1.06. The molecule has 0 fully saturated rings. The summed E-state index contributed by atoms with van der Waals surface area (Å²) in [7, 11) is 0. The van der Waals surface area contributed by atoms with Crippen molar-refractivity contribution in [3.05, 3.63) is 224 Å². The number of fused-ring (bicyclic) bond motifs is 3. The second kappa shape index (κ2) is 16.0. The maximum Gasteiger partial charge on any atom is 0.187 e. The first-order valence-corrected chi connectivity index (χ1v) is 20.7. The lowest BCUT2D eigenvalue weighted by atomic mass is 10.0. The zero-order valence-electron chi connectivity index (χ0n) is 33.8. The molecule has 0 aliphatic carbocycles. The van der Waals surface area contributed by atoms with Crippen LogP contribution in [0.15, 0.2) is 212 Å². The fraction of sp³-hybridized carbons (Fsp3) is 0. The smallest absolute Gasteiger partial charge is 0.187 e. The highest BCUT2D eigenvalue weighted by Crippen LogP contribution is 2.40. The Kier molecular flexibility index (Phi) is 9.41. The lowest BCUT2D eigenvalue weighted by Crippen LogP contribution is -2.04. The third kappa shape index (κ3) is 7.08. The summed E-state index contributed by atoms with van der Waals surface area (Å²) in [6.45, 7) is 7.50.